The Kier molecular flexibility index (Phi) is 5.48. The smallest absolute Gasteiger partial charge is 0.115 e. The highest BCUT2D eigenvalue weighted by atomic mass is 16.5. The Hall–Kier alpha value is -1.32. The lowest BCUT2D eigenvalue weighted by Gasteiger charge is -2.52. The Morgan fingerprint density at radius 2 is 2.13 bits per heavy atom. The van der Waals surface area contributed by atoms with E-state index in [2.05, 4.69) is 37.9 Å². The fraction of sp³-hybridized carbons (Fsp3) is 0.704. The van der Waals surface area contributed by atoms with E-state index in [1.807, 2.05) is 12.1 Å². The van der Waals surface area contributed by atoms with Gasteiger partial charge < -0.3 is 14.7 Å². The summed E-state index contributed by atoms with van der Waals surface area (Å²) in [5.41, 5.74) is 4.96. The standard InChI is InChI=1S/C27H39NO2/c1-18-15-19-16-22(29)7-8-23(19)24-10-12-27(2)20(6-9-25(27)26(18)24)11-14-30-17-21-5-4-13-28(21)3/h7-8,11,16,18,21,24-26,29H,4-6,9-10,12-15,17H2,1-3H3/t18?,21-,24?,25?,26?,27?/m0/s1. The lowest BCUT2D eigenvalue weighted by Crippen LogP contribution is -2.43. The van der Waals surface area contributed by atoms with Gasteiger partial charge >= 0.3 is 0 Å². The van der Waals surface area contributed by atoms with Crippen molar-refractivity contribution in [1.29, 1.82) is 0 Å². The van der Waals surface area contributed by atoms with Gasteiger partial charge in [-0.1, -0.05) is 31.6 Å². The molecule has 1 aromatic rings. The highest BCUT2D eigenvalue weighted by Crippen LogP contribution is 2.63. The van der Waals surface area contributed by atoms with Crippen LogP contribution < -0.4 is 0 Å². The van der Waals surface area contributed by atoms with Gasteiger partial charge in [0.1, 0.15) is 5.75 Å². The molecule has 0 bridgehead atoms. The van der Waals surface area contributed by atoms with Crippen LogP contribution >= 0.6 is 0 Å². The van der Waals surface area contributed by atoms with Crippen LogP contribution in [0.3, 0.4) is 0 Å². The summed E-state index contributed by atoms with van der Waals surface area (Å²) in [6, 6.07) is 6.76. The Bertz CT molecular complexity index is 817. The van der Waals surface area contributed by atoms with Crippen molar-refractivity contribution in [2.75, 3.05) is 26.8 Å². The van der Waals surface area contributed by atoms with E-state index in [0.29, 0.717) is 29.0 Å². The number of benzene rings is 1. The molecule has 1 heterocycles. The van der Waals surface area contributed by atoms with E-state index >= 15 is 0 Å². The van der Waals surface area contributed by atoms with E-state index in [-0.39, 0.29) is 0 Å². The maximum Gasteiger partial charge on any atom is 0.115 e. The first-order valence-electron chi connectivity index (χ1n) is 12.3. The van der Waals surface area contributed by atoms with Crippen molar-refractivity contribution in [1.82, 2.24) is 4.90 Å². The molecule has 30 heavy (non-hydrogen) atoms. The number of hydrogen-bond acceptors (Lipinski definition) is 3. The second kappa shape index (κ2) is 7.98. The largest absolute Gasteiger partial charge is 0.508 e. The second-order valence-electron chi connectivity index (χ2n) is 10.9. The highest BCUT2D eigenvalue weighted by Gasteiger charge is 2.54. The first-order chi connectivity index (χ1) is 14.5. The Morgan fingerprint density at radius 3 is 2.93 bits per heavy atom. The number of likely N-dealkylation sites (N-methyl/N-ethyl adjacent to an activating group) is 1. The molecule has 3 heteroatoms. The summed E-state index contributed by atoms with van der Waals surface area (Å²) in [6.45, 7) is 7.90. The normalized spacial score (nSPS) is 39.7. The van der Waals surface area contributed by atoms with Gasteiger partial charge in [0.05, 0.1) is 13.2 Å². The van der Waals surface area contributed by atoms with E-state index in [4.69, 9.17) is 4.74 Å². The molecule has 0 amide bonds. The molecule has 2 saturated carbocycles. The summed E-state index contributed by atoms with van der Waals surface area (Å²) in [5.74, 6) is 3.37. The number of phenols is 1. The molecule has 3 aliphatic carbocycles. The number of likely N-dealkylation sites (tertiary alicyclic amines) is 1. The van der Waals surface area contributed by atoms with Gasteiger partial charge in [-0.05, 0) is 111 Å². The Morgan fingerprint density at radius 1 is 1.27 bits per heavy atom. The van der Waals surface area contributed by atoms with Crippen LogP contribution in [-0.2, 0) is 11.2 Å². The molecule has 0 spiro atoms. The van der Waals surface area contributed by atoms with Crippen LogP contribution in [0.25, 0.3) is 0 Å². The summed E-state index contributed by atoms with van der Waals surface area (Å²) in [7, 11) is 2.23. The molecule has 1 saturated heterocycles. The average molecular weight is 410 g/mol. The highest BCUT2D eigenvalue weighted by molar-refractivity contribution is 5.41. The molecule has 3 nitrogen and oxygen atoms in total. The van der Waals surface area contributed by atoms with Crippen molar-refractivity contribution in [3.05, 3.63) is 41.0 Å². The minimum atomic E-state index is 0.358. The van der Waals surface area contributed by atoms with Crippen LogP contribution in [0.2, 0.25) is 0 Å². The van der Waals surface area contributed by atoms with E-state index < -0.39 is 0 Å². The molecule has 1 N–H and O–H groups in total. The number of rotatable bonds is 4. The quantitative estimate of drug-likeness (QED) is 0.524. The summed E-state index contributed by atoms with van der Waals surface area (Å²) in [6.07, 6.45) is 11.3. The van der Waals surface area contributed by atoms with Gasteiger partial charge in [0.2, 0.25) is 0 Å². The Balaban J connectivity index is 1.29. The van der Waals surface area contributed by atoms with Gasteiger partial charge in [-0.2, -0.15) is 0 Å². The molecule has 5 unspecified atom stereocenters. The molecular formula is C27H39NO2. The summed E-state index contributed by atoms with van der Waals surface area (Å²) in [4.78, 5) is 2.45. The van der Waals surface area contributed by atoms with E-state index in [1.54, 1.807) is 5.57 Å². The van der Waals surface area contributed by atoms with Crippen molar-refractivity contribution in [3.8, 4) is 5.75 Å². The fourth-order valence-electron chi connectivity index (χ4n) is 7.70. The van der Waals surface area contributed by atoms with Gasteiger partial charge in [0.15, 0.2) is 0 Å². The van der Waals surface area contributed by atoms with Crippen molar-refractivity contribution in [3.63, 3.8) is 0 Å². The van der Waals surface area contributed by atoms with Crippen LogP contribution in [-0.4, -0.2) is 42.9 Å². The first kappa shape index (κ1) is 20.6. The van der Waals surface area contributed by atoms with Crippen molar-refractivity contribution >= 4 is 0 Å². The zero-order chi connectivity index (χ0) is 20.9. The average Bonchev–Trinajstić information content (AvgIpc) is 3.27. The molecule has 1 aliphatic heterocycles. The fourth-order valence-corrected chi connectivity index (χ4v) is 7.70. The predicted octanol–water partition coefficient (Wildman–Crippen LogP) is 5.53. The maximum absolute atomic E-state index is 9.96. The van der Waals surface area contributed by atoms with Crippen LogP contribution in [0.4, 0.5) is 0 Å². The molecule has 0 aromatic heterocycles. The zero-order valence-electron chi connectivity index (χ0n) is 19.1. The topological polar surface area (TPSA) is 32.7 Å². The molecule has 164 valence electrons. The molecule has 0 radical (unpaired) electrons. The van der Waals surface area contributed by atoms with E-state index in [1.165, 1.54) is 56.2 Å². The molecule has 3 fully saturated rings. The SMILES string of the molecule is CC1Cc2cc(O)ccc2C2CCC3(C)C(=CCOC[C@@H]4CCCN4C)CCC3C12. The van der Waals surface area contributed by atoms with Crippen molar-refractivity contribution in [2.24, 2.45) is 23.2 Å². The van der Waals surface area contributed by atoms with Crippen LogP contribution in [0.1, 0.15) is 69.4 Å². The maximum atomic E-state index is 9.96. The van der Waals surface area contributed by atoms with Crippen LogP contribution in [0, 0.1) is 23.2 Å². The number of allylic oxidation sites excluding steroid dienone is 1. The van der Waals surface area contributed by atoms with Crippen LogP contribution in [0.5, 0.6) is 5.75 Å². The summed E-state index contributed by atoms with van der Waals surface area (Å²) in [5, 5.41) is 9.96. The molecule has 1 aromatic carbocycles. The van der Waals surface area contributed by atoms with Gasteiger partial charge in [-0.25, -0.2) is 0 Å². The third-order valence-electron chi connectivity index (χ3n) is 9.33. The number of hydrogen-bond donors (Lipinski definition) is 1. The third kappa shape index (κ3) is 3.42. The first-order valence-corrected chi connectivity index (χ1v) is 12.3. The Labute approximate surface area is 182 Å². The number of aromatic hydroxyl groups is 1. The minimum absolute atomic E-state index is 0.358. The van der Waals surface area contributed by atoms with Crippen molar-refractivity contribution in [2.45, 2.75) is 70.8 Å². The lowest BCUT2D eigenvalue weighted by molar-refractivity contribution is 0.0481. The zero-order valence-corrected chi connectivity index (χ0v) is 19.1. The third-order valence-corrected chi connectivity index (χ3v) is 9.33. The van der Waals surface area contributed by atoms with Crippen molar-refractivity contribution < 1.29 is 9.84 Å². The van der Waals surface area contributed by atoms with Gasteiger partial charge in [0.25, 0.3) is 0 Å². The lowest BCUT2D eigenvalue weighted by atomic mass is 9.52. The molecule has 4 aliphatic rings. The van der Waals surface area contributed by atoms with E-state index in [9.17, 15) is 5.11 Å². The van der Waals surface area contributed by atoms with Gasteiger partial charge in [-0.3, -0.25) is 0 Å². The van der Waals surface area contributed by atoms with Gasteiger partial charge in [-0.15, -0.1) is 0 Å². The summed E-state index contributed by atoms with van der Waals surface area (Å²) >= 11 is 0. The number of nitrogens with zero attached hydrogens (tertiary/aromatic N) is 1. The van der Waals surface area contributed by atoms with Gasteiger partial charge in [0, 0.05) is 6.04 Å². The molecule has 5 rings (SSSR count). The van der Waals surface area contributed by atoms with E-state index in [0.717, 1.165) is 31.5 Å². The van der Waals surface area contributed by atoms with Crippen LogP contribution in [0.15, 0.2) is 29.8 Å². The number of phenolic OH excluding ortho intramolecular Hbond substituents is 1. The second-order valence-corrected chi connectivity index (χ2v) is 10.9. The number of ether oxygens (including phenoxy) is 1. The monoisotopic (exact) mass is 409 g/mol. The molecule has 6 atom stereocenters. The number of fused-ring (bicyclic) bond motifs is 5. The predicted molar refractivity (Wildman–Crippen MR) is 122 cm³/mol. The summed E-state index contributed by atoms with van der Waals surface area (Å²) < 4.78 is 6.12. The minimum Gasteiger partial charge on any atom is -0.508 e. The molecular weight excluding hydrogens is 370 g/mol.